The first-order valence-electron chi connectivity index (χ1n) is 6.39. The number of alkyl halides is 1. The summed E-state index contributed by atoms with van der Waals surface area (Å²) < 4.78 is 0. The number of nitrogens with zero attached hydrogens (tertiary/aromatic N) is 1. The molecule has 0 spiro atoms. The van der Waals surface area contributed by atoms with Gasteiger partial charge in [-0.25, -0.2) is 4.98 Å². The molecule has 17 heavy (non-hydrogen) atoms. The van der Waals surface area contributed by atoms with Crippen LogP contribution in [0, 0.1) is 5.92 Å². The van der Waals surface area contributed by atoms with Gasteiger partial charge in [0.1, 0.15) is 0 Å². The average Bonchev–Trinajstić information content (AvgIpc) is 2.65. The van der Waals surface area contributed by atoms with Gasteiger partial charge in [0.05, 0.1) is 10.7 Å². The number of aromatic nitrogens is 1. The standard InChI is InChI=1S/C14H24BrNS/c1-10(2)11(15)7-6-8-13-16-12(9-17-13)14(3,4)5/h9-11H,6-8H2,1-5H3. The third-order valence-corrected chi connectivity index (χ3v) is 5.34. The van der Waals surface area contributed by atoms with Crippen LogP contribution in [0.1, 0.15) is 58.2 Å². The lowest BCUT2D eigenvalue weighted by molar-refractivity contribution is 0.556. The molecule has 1 atom stereocenters. The van der Waals surface area contributed by atoms with E-state index in [9.17, 15) is 0 Å². The molecule has 0 amide bonds. The molecule has 1 aromatic rings. The van der Waals surface area contributed by atoms with Crippen molar-refractivity contribution in [3.8, 4) is 0 Å². The van der Waals surface area contributed by atoms with Crippen molar-refractivity contribution in [1.29, 1.82) is 0 Å². The fourth-order valence-corrected chi connectivity index (χ4v) is 2.94. The molecule has 1 rings (SSSR count). The van der Waals surface area contributed by atoms with E-state index in [1.807, 2.05) is 11.3 Å². The molecule has 1 unspecified atom stereocenters. The van der Waals surface area contributed by atoms with Crippen molar-refractivity contribution in [2.24, 2.45) is 5.92 Å². The predicted molar refractivity (Wildman–Crippen MR) is 81.3 cm³/mol. The molecule has 0 radical (unpaired) electrons. The van der Waals surface area contributed by atoms with E-state index < -0.39 is 0 Å². The Balaban J connectivity index is 2.41. The highest BCUT2D eigenvalue weighted by Gasteiger charge is 2.17. The van der Waals surface area contributed by atoms with Crippen LogP contribution < -0.4 is 0 Å². The summed E-state index contributed by atoms with van der Waals surface area (Å²) in [6.45, 7) is 11.2. The van der Waals surface area contributed by atoms with Gasteiger partial charge in [-0.1, -0.05) is 50.5 Å². The van der Waals surface area contributed by atoms with Gasteiger partial charge in [0.15, 0.2) is 0 Å². The Morgan fingerprint density at radius 3 is 2.47 bits per heavy atom. The van der Waals surface area contributed by atoms with Crippen molar-refractivity contribution in [3.63, 3.8) is 0 Å². The lowest BCUT2D eigenvalue weighted by Gasteiger charge is -2.14. The minimum Gasteiger partial charge on any atom is -0.246 e. The molecule has 0 saturated heterocycles. The molecule has 0 aliphatic heterocycles. The fraction of sp³-hybridized carbons (Fsp3) is 0.786. The van der Waals surface area contributed by atoms with Crippen molar-refractivity contribution >= 4 is 27.3 Å². The number of rotatable bonds is 5. The Hall–Kier alpha value is 0.110. The molecule has 0 aliphatic rings. The summed E-state index contributed by atoms with van der Waals surface area (Å²) in [5.41, 5.74) is 1.42. The second-order valence-corrected chi connectivity index (χ2v) is 8.15. The number of halogens is 1. The Labute approximate surface area is 118 Å². The van der Waals surface area contributed by atoms with Crippen LogP contribution in [0.2, 0.25) is 0 Å². The third-order valence-electron chi connectivity index (χ3n) is 2.91. The minimum absolute atomic E-state index is 0.185. The van der Waals surface area contributed by atoms with E-state index in [-0.39, 0.29) is 5.41 Å². The Morgan fingerprint density at radius 1 is 1.35 bits per heavy atom. The highest BCUT2D eigenvalue weighted by atomic mass is 79.9. The van der Waals surface area contributed by atoms with Crippen LogP contribution in [0.4, 0.5) is 0 Å². The topological polar surface area (TPSA) is 12.9 Å². The van der Waals surface area contributed by atoms with Gasteiger partial charge in [-0.2, -0.15) is 0 Å². The number of aryl methyl sites for hydroxylation is 1. The Morgan fingerprint density at radius 2 is 2.00 bits per heavy atom. The molecule has 0 aliphatic carbocycles. The lowest BCUT2D eigenvalue weighted by Crippen LogP contribution is -2.11. The summed E-state index contributed by atoms with van der Waals surface area (Å²) >= 11 is 5.55. The summed E-state index contributed by atoms with van der Waals surface area (Å²) in [7, 11) is 0. The van der Waals surface area contributed by atoms with E-state index in [1.165, 1.54) is 23.5 Å². The first-order chi connectivity index (χ1) is 7.80. The second kappa shape index (κ2) is 6.33. The predicted octanol–water partition coefficient (Wildman–Crippen LogP) is 5.18. The molecule has 0 aromatic carbocycles. The van der Waals surface area contributed by atoms with Crippen molar-refractivity contribution in [1.82, 2.24) is 4.98 Å². The molecule has 0 N–H and O–H groups in total. The first-order valence-corrected chi connectivity index (χ1v) is 8.19. The van der Waals surface area contributed by atoms with Crippen molar-refractivity contribution in [2.75, 3.05) is 0 Å². The Bertz CT molecular complexity index is 338. The van der Waals surface area contributed by atoms with E-state index >= 15 is 0 Å². The van der Waals surface area contributed by atoms with Gasteiger partial charge in [0.2, 0.25) is 0 Å². The van der Waals surface area contributed by atoms with Gasteiger partial charge in [0, 0.05) is 15.6 Å². The Kier molecular flexibility index (Phi) is 5.65. The van der Waals surface area contributed by atoms with Gasteiger partial charge in [-0.15, -0.1) is 11.3 Å². The molecule has 3 heteroatoms. The second-order valence-electron chi connectivity index (χ2n) is 6.03. The zero-order valence-electron chi connectivity index (χ0n) is 11.6. The van der Waals surface area contributed by atoms with Crippen LogP contribution in [0.5, 0.6) is 0 Å². The van der Waals surface area contributed by atoms with Crippen LogP contribution in [-0.2, 0) is 11.8 Å². The molecule has 0 saturated carbocycles. The van der Waals surface area contributed by atoms with E-state index in [0.29, 0.717) is 4.83 Å². The number of hydrogen-bond acceptors (Lipinski definition) is 2. The zero-order chi connectivity index (χ0) is 13.1. The van der Waals surface area contributed by atoms with Gasteiger partial charge in [-0.05, 0) is 25.2 Å². The van der Waals surface area contributed by atoms with Gasteiger partial charge < -0.3 is 0 Å². The van der Waals surface area contributed by atoms with Crippen LogP contribution in [0.25, 0.3) is 0 Å². The maximum Gasteiger partial charge on any atom is 0.0928 e. The zero-order valence-corrected chi connectivity index (χ0v) is 14.0. The molecule has 98 valence electrons. The SMILES string of the molecule is CC(C)C(Br)CCCc1nc(C(C)(C)C)cs1. The minimum atomic E-state index is 0.185. The molecular weight excluding hydrogens is 294 g/mol. The van der Waals surface area contributed by atoms with E-state index in [4.69, 9.17) is 4.98 Å². The number of thiazole rings is 1. The summed E-state index contributed by atoms with van der Waals surface area (Å²) in [4.78, 5) is 5.37. The first kappa shape index (κ1) is 15.2. The molecule has 1 aromatic heterocycles. The van der Waals surface area contributed by atoms with Gasteiger partial charge in [-0.3, -0.25) is 0 Å². The maximum absolute atomic E-state index is 4.73. The highest BCUT2D eigenvalue weighted by molar-refractivity contribution is 9.09. The molecular formula is C14H24BrNS. The lowest BCUT2D eigenvalue weighted by atomic mass is 9.93. The largest absolute Gasteiger partial charge is 0.246 e. The van der Waals surface area contributed by atoms with Gasteiger partial charge in [0.25, 0.3) is 0 Å². The summed E-state index contributed by atoms with van der Waals surface area (Å²) in [5, 5.41) is 3.50. The quantitative estimate of drug-likeness (QED) is 0.681. The normalized spacial score (nSPS) is 14.3. The maximum atomic E-state index is 4.73. The summed E-state index contributed by atoms with van der Waals surface area (Å²) in [6, 6.07) is 0. The van der Waals surface area contributed by atoms with Crippen LogP contribution in [0.3, 0.4) is 0 Å². The number of hydrogen-bond donors (Lipinski definition) is 0. The van der Waals surface area contributed by atoms with Crippen molar-refractivity contribution in [3.05, 3.63) is 16.1 Å². The third kappa shape index (κ3) is 5.09. The summed E-state index contributed by atoms with van der Waals surface area (Å²) in [5.74, 6) is 0.719. The van der Waals surface area contributed by atoms with Crippen LogP contribution in [-0.4, -0.2) is 9.81 Å². The highest BCUT2D eigenvalue weighted by Crippen LogP contribution is 2.25. The molecule has 1 heterocycles. The molecule has 0 fully saturated rings. The van der Waals surface area contributed by atoms with Crippen molar-refractivity contribution in [2.45, 2.75) is 64.1 Å². The van der Waals surface area contributed by atoms with Crippen LogP contribution >= 0.6 is 27.3 Å². The average molecular weight is 318 g/mol. The fourth-order valence-electron chi connectivity index (χ4n) is 1.55. The smallest absolute Gasteiger partial charge is 0.0928 e. The molecule has 0 bridgehead atoms. The monoisotopic (exact) mass is 317 g/mol. The van der Waals surface area contributed by atoms with E-state index in [1.54, 1.807) is 0 Å². The summed E-state index contributed by atoms with van der Waals surface area (Å²) in [6.07, 6.45) is 3.59. The molecule has 1 nitrogen and oxygen atoms in total. The van der Waals surface area contributed by atoms with Crippen LogP contribution in [0.15, 0.2) is 5.38 Å². The van der Waals surface area contributed by atoms with E-state index in [0.717, 1.165) is 12.3 Å². The van der Waals surface area contributed by atoms with E-state index in [2.05, 4.69) is 55.9 Å². The van der Waals surface area contributed by atoms with Crippen molar-refractivity contribution < 1.29 is 0 Å². The van der Waals surface area contributed by atoms with Gasteiger partial charge >= 0.3 is 0 Å².